The van der Waals surface area contributed by atoms with Crippen LogP contribution >= 0.6 is 11.3 Å². The average Bonchev–Trinajstić information content (AvgIpc) is 3.15. The van der Waals surface area contributed by atoms with Crippen LogP contribution in [0.5, 0.6) is 0 Å². The van der Waals surface area contributed by atoms with E-state index in [0.717, 1.165) is 53.5 Å². The molecule has 1 amide bonds. The van der Waals surface area contributed by atoms with Gasteiger partial charge in [0.15, 0.2) is 0 Å². The van der Waals surface area contributed by atoms with Crippen molar-refractivity contribution in [2.24, 2.45) is 5.92 Å². The highest BCUT2D eigenvalue weighted by Crippen LogP contribution is 2.31. The molecule has 1 N–H and O–H groups in total. The molecule has 4 rings (SSSR count). The number of piperidine rings is 1. The highest BCUT2D eigenvalue weighted by molar-refractivity contribution is 7.17. The van der Waals surface area contributed by atoms with Crippen molar-refractivity contribution in [1.82, 2.24) is 20.3 Å². The van der Waals surface area contributed by atoms with Crippen LogP contribution in [0, 0.1) is 12.8 Å². The number of thiophene rings is 1. The first-order valence-electron chi connectivity index (χ1n) is 8.85. The van der Waals surface area contributed by atoms with Crippen molar-refractivity contribution in [2.45, 2.75) is 26.3 Å². The average molecular weight is 367 g/mol. The third kappa shape index (κ3) is 3.53. The number of carbonyl (C=O) groups excluding carboxylic acids is 1. The third-order valence-corrected chi connectivity index (χ3v) is 5.63. The summed E-state index contributed by atoms with van der Waals surface area (Å²) in [4.78, 5) is 28.1. The second kappa shape index (κ2) is 7.37. The lowest BCUT2D eigenvalue weighted by Crippen LogP contribution is -2.40. The van der Waals surface area contributed by atoms with Crippen LogP contribution in [0.25, 0.3) is 10.2 Å². The number of hydrogen-bond donors (Lipinski definition) is 1. The first-order chi connectivity index (χ1) is 12.7. The molecule has 4 heterocycles. The Morgan fingerprint density at radius 1 is 1.27 bits per heavy atom. The van der Waals surface area contributed by atoms with Gasteiger partial charge < -0.3 is 10.2 Å². The smallest absolute Gasteiger partial charge is 0.223 e. The van der Waals surface area contributed by atoms with Crippen molar-refractivity contribution >= 4 is 33.3 Å². The fourth-order valence-electron chi connectivity index (χ4n) is 3.35. The van der Waals surface area contributed by atoms with E-state index in [-0.39, 0.29) is 11.8 Å². The number of anilines is 1. The van der Waals surface area contributed by atoms with Crippen molar-refractivity contribution in [2.75, 3.05) is 18.0 Å². The van der Waals surface area contributed by atoms with Crippen LogP contribution in [0.3, 0.4) is 0 Å². The molecule has 0 unspecified atom stereocenters. The summed E-state index contributed by atoms with van der Waals surface area (Å²) >= 11 is 1.68. The second-order valence-corrected chi connectivity index (χ2v) is 7.45. The molecule has 6 nitrogen and oxygen atoms in total. The molecule has 26 heavy (non-hydrogen) atoms. The summed E-state index contributed by atoms with van der Waals surface area (Å²) < 4.78 is 1.13. The molecule has 1 aliphatic rings. The summed E-state index contributed by atoms with van der Waals surface area (Å²) in [6, 6.07) is 7.77. The monoisotopic (exact) mass is 367 g/mol. The molecule has 1 saturated heterocycles. The topological polar surface area (TPSA) is 71.0 Å². The second-order valence-electron chi connectivity index (χ2n) is 6.53. The Kier molecular flexibility index (Phi) is 4.79. The molecule has 134 valence electrons. The van der Waals surface area contributed by atoms with Gasteiger partial charge in [0.25, 0.3) is 0 Å². The minimum absolute atomic E-state index is 0.0525. The Morgan fingerprint density at radius 2 is 2.12 bits per heavy atom. The molecule has 1 aliphatic heterocycles. The molecular weight excluding hydrogens is 346 g/mol. The molecule has 0 spiro atoms. The Hall–Kier alpha value is -2.54. The lowest BCUT2D eigenvalue weighted by atomic mass is 9.96. The lowest BCUT2D eigenvalue weighted by molar-refractivity contribution is -0.125. The van der Waals surface area contributed by atoms with Gasteiger partial charge in [-0.15, -0.1) is 11.3 Å². The summed E-state index contributed by atoms with van der Waals surface area (Å²) in [5, 5.41) is 5.07. The van der Waals surface area contributed by atoms with Gasteiger partial charge in [0.05, 0.1) is 22.5 Å². The Labute approximate surface area is 156 Å². The van der Waals surface area contributed by atoms with Crippen LogP contribution in [0.2, 0.25) is 0 Å². The number of nitrogens with zero attached hydrogens (tertiary/aromatic N) is 4. The SMILES string of the molecule is Cc1nc(N2CCC(C(=O)NCc3ccccn3)CC2)c2sccc2n1. The van der Waals surface area contributed by atoms with Gasteiger partial charge in [-0.05, 0) is 43.3 Å². The minimum Gasteiger partial charge on any atom is -0.355 e. The van der Waals surface area contributed by atoms with E-state index in [9.17, 15) is 4.79 Å². The summed E-state index contributed by atoms with van der Waals surface area (Å²) in [5.74, 6) is 1.98. The number of aryl methyl sites for hydroxylation is 1. The van der Waals surface area contributed by atoms with Gasteiger partial charge in [-0.3, -0.25) is 9.78 Å². The predicted molar refractivity (Wildman–Crippen MR) is 103 cm³/mol. The van der Waals surface area contributed by atoms with Crippen LogP contribution in [-0.2, 0) is 11.3 Å². The molecule has 0 atom stereocenters. The molecule has 1 fully saturated rings. The van der Waals surface area contributed by atoms with Gasteiger partial charge in [0, 0.05) is 25.2 Å². The number of nitrogens with one attached hydrogen (secondary N) is 1. The molecule has 7 heteroatoms. The number of hydrogen-bond acceptors (Lipinski definition) is 6. The number of pyridine rings is 1. The van der Waals surface area contributed by atoms with Gasteiger partial charge in [0.1, 0.15) is 11.6 Å². The van der Waals surface area contributed by atoms with E-state index in [1.165, 1.54) is 0 Å². The Balaban J connectivity index is 1.37. The van der Waals surface area contributed by atoms with Crippen LogP contribution in [-0.4, -0.2) is 33.9 Å². The van der Waals surface area contributed by atoms with E-state index < -0.39 is 0 Å². The molecular formula is C19H21N5OS. The first-order valence-corrected chi connectivity index (χ1v) is 9.73. The molecule has 0 aromatic carbocycles. The predicted octanol–water partition coefficient (Wildman–Crippen LogP) is 2.93. The third-order valence-electron chi connectivity index (χ3n) is 4.73. The van der Waals surface area contributed by atoms with Gasteiger partial charge in [-0.2, -0.15) is 0 Å². The number of rotatable bonds is 4. The van der Waals surface area contributed by atoms with E-state index in [1.54, 1.807) is 17.5 Å². The fraction of sp³-hybridized carbons (Fsp3) is 0.368. The zero-order chi connectivity index (χ0) is 17.9. The van der Waals surface area contributed by atoms with Crippen LogP contribution in [0.15, 0.2) is 35.8 Å². The van der Waals surface area contributed by atoms with Crippen molar-refractivity contribution in [1.29, 1.82) is 0 Å². The van der Waals surface area contributed by atoms with E-state index in [2.05, 4.69) is 30.5 Å². The molecule has 0 radical (unpaired) electrons. The molecule has 0 saturated carbocycles. The minimum atomic E-state index is 0.0525. The molecule has 3 aromatic rings. The van der Waals surface area contributed by atoms with Gasteiger partial charge in [0.2, 0.25) is 5.91 Å². The van der Waals surface area contributed by atoms with Gasteiger partial charge >= 0.3 is 0 Å². The fourth-order valence-corrected chi connectivity index (χ4v) is 4.20. The van der Waals surface area contributed by atoms with Crippen molar-refractivity contribution in [3.63, 3.8) is 0 Å². The summed E-state index contributed by atoms with van der Waals surface area (Å²) in [7, 11) is 0. The summed E-state index contributed by atoms with van der Waals surface area (Å²) in [5.41, 5.74) is 1.89. The highest BCUT2D eigenvalue weighted by atomic mass is 32.1. The largest absolute Gasteiger partial charge is 0.355 e. The van der Waals surface area contributed by atoms with Crippen LogP contribution in [0.1, 0.15) is 24.4 Å². The number of amides is 1. The Bertz CT molecular complexity index is 903. The van der Waals surface area contributed by atoms with Crippen LogP contribution in [0.4, 0.5) is 5.82 Å². The molecule has 0 bridgehead atoms. The van der Waals surface area contributed by atoms with E-state index in [0.29, 0.717) is 6.54 Å². The van der Waals surface area contributed by atoms with Gasteiger partial charge in [-0.25, -0.2) is 9.97 Å². The lowest BCUT2D eigenvalue weighted by Gasteiger charge is -2.32. The van der Waals surface area contributed by atoms with Crippen molar-refractivity contribution in [3.8, 4) is 0 Å². The number of fused-ring (bicyclic) bond motifs is 1. The summed E-state index contributed by atoms with van der Waals surface area (Å²) in [6.07, 6.45) is 3.42. The Morgan fingerprint density at radius 3 is 2.88 bits per heavy atom. The van der Waals surface area contributed by atoms with Crippen molar-refractivity contribution in [3.05, 3.63) is 47.4 Å². The zero-order valence-electron chi connectivity index (χ0n) is 14.7. The van der Waals surface area contributed by atoms with Crippen LogP contribution < -0.4 is 10.2 Å². The quantitative estimate of drug-likeness (QED) is 0.768. The number of aromatic nitrogens is 3. The standard InChI is InChI=1S/C19H21N5OS/c1-13-22-16-7-11-26-17(16)18(23-13)24-9-5-14(6-10-24)19(25)21-12-15-4-2-3-8-20-15/h2-4,7-8,11,14H,5-6,9-10,12H2,1H3,(H,21,25). The van der Waals surface area contributed by atoms with E-state index in [4.69, 9.17) is 0 Å². The maximum atomic E-state index is 12.5. The number of carbonyl (C=O) groups is 1. The first kappa shape index (κ1) is 16.9. The molecule has 3 aromatic heterocycles. The zero-order valence-corrected chi connectivity index (χ0v) is 15.5. The van der Waals surface area contributed by atoms with E-state index >= 15 is 0 Å². The van der Waals surface area contributed by atoms with Gasteiger partial charge in [-0.1, -0.05) is 6.07 Å². The molecule has 0 aliphatic carbocycles. The maximum Gasteiger partial charge on any atom is 0.223 e. The maximum absolute atomic E-state index is 12.5. The summed E-state index contributed by atoms with van der Waals surface area (Å²) in [6.45, 7) is 4.09. The van der Waals surface area contributed by atoms with E-state index in [1.807, 2.05) is 31.2 Å². The normalized spacial score (nSPS) is 15.3. The highest BCUT2D eigenvalue weighted by Gasteiger charge is 2.26. The van der Waals surface area contributed by atoms with Crippen molar-refractivity contribution < 1.29 is 4.79 Å².